The van der Waals surface area contributed by atoms with Gasteiger partial charge in [-0.15, -0.1) is 5.10 Å². The van der Waals surface area contributed by atoms with Crippen LogP contribution < -0.4 is 5.32 Å². The predicted molar refractivity (Wildman–Crippen MR) is 100 cm³/mol. The van der Waals surface area contributed by atoms with Gasteiger partial charge in [-0.2, -0.15) is 0 Å². The van der Waals surface area contributed by atoms with Gasteiger partial charge in [0.1, 0.15) is 0 Å². The summed E-state index contributed by atoms with van der Waals surface area (Å²) in [5.41, 5.74) is 1.28. The zero-order valence-corrected chi connectivity index (χ0v) is 15.8. The van der Waals surface area contributed by atoms with Crippen molar-refractivity contribution in [3.8, 4) is 0 Å². The van der Waals surface area contributed by atoms with Crippen LogP contribution in [0.4, 0.5) is 5.69 Å². The standard InChI is InChI=1S/C18H23N5O2S/c1-12(17(25)14-8-10-15(11-9-14)19-13(2)24)26-18-20-21-22-23(18)16-6-4-3-5-7-16/h8-12,16H,3-7H2,1-2H3,(H,19,24)/t12-/m1/s1. The Kier molecular flexibility index (Phi) is 6.03. The lowest BCUT2D eigenvalue weighted by atomic mass is 9.96. The Hall–Kier alpha value is -2.22. The minimum Gasteiger partial charge on any atom is -0.326 e. The van der Waals surface area contributed by atoms with Crippen molar-refractivity contribution in [2.75, 3.05) is 5.32 Å². The normalized spacial score (nSPS) is 16.2. The second-order valence-electron chi connectivity index (χ2n) is 6.58. The van der Waals surface area contributed by atoms with Crippen molar-refractivity contribution in [1.29, 1.82) is 0 Å². The number of aromatic nitrogens is 4. The molecule has 1 aliphatic rings. The minimum absolute atomic E-state index is 0.0163. The Balaban J connectivity index is 1.66. The number of tetrazole rings is 1. The molecule has 0 saturated heterocycles. The highest BCUT2D eigenvalue weighted by Gasteiger charge is 2.24. The van der Waals surface area contributed by atoms with Crippen molar-refractivity contribution in [1.82, 2.24) is 20.2 Å². The lowest BCUT2D eigenvalue weighted by molar-refractivity contribution is -0.114. The fraction of sp³-hybridized carbons (Fsp3) is 0.500. The van der Waals surface area contributed by atoms with E-state index in [2.05, 4.69) is 20.8 Å². The molecule has 1 amide bonds. The first-order valence-corrected chi connectivity index (χ1v) is 9.79. The van der Waals surface area contributed by atoms with Gasteiger partial charge in [0.05, 0.1) is 11.3 Å². The van der Waals surface area contributed by atoms with Gasteiger partial charge in [0.2, 0.25) is 11.1 Å². The number of anilines is 1. The van der Waals surface area contributed by atoms with Gasteiger partial charge in [0, 0.05) is 18.2 Å². The second kappa shape index (κ2) is 8.44. The third kappa shape index (κ3) is 4.49. The van der Waals surface area contributed by atoms with Gasteiger partial charge in [0.15, 0.2) is 5.78 Å². The number of hydrogen-bond donors (Lipinski definition) is 1. The van der Waals surface area contributed by atoms with Crippen LogP contribution in [-0.2, 0) is 4.79 Å². The van der Waals surface area contributed by atoms with Crippen molar-refractivity contribution in [3.05, 3.63) is 29.8 Å². The Morgan fingerprint density at radius 1 is 1.19 bits per heavy atom. The molecule has 1 saturated carbocycles. The predicted octanol–water partition coefficient (Wildman–Crippen LogP) is 3.50. The highest BCUT2D eigenvalue weighted by molar-refractivity contribution is 8.00. The van der Waals surface area contributed by atoms with Crippen molar-refractivity contribution in [2.24, 2.45) is 0 Å². The van der Waals surface area contributed by atoms with Gasteiger partial charge in [-0.1, -0.05) is 31.0 Å². The van der Waals surface area contributed by atoms with Gasteiger partial charge < -0.3 is 5.32 Å². The van der Waals surface area contributed by atoms with Crippen LogP contribution in [0.25, 0.3) is 0 Å². The maximum Gasteiger partial charge on any atom is 0.221 e. The maximum atomic E-state index is 12.7. The summed E-state index contributed by atoms with van der Waals surface area (Å²) in [6.07, 6.45) is 5.84. The van der Waals surface area contributed by atoms with Gasteiger partial charge in [0.25, 0.3) is 0 Å². The summed E-state index contributed by atoms with van der Waals surface area (Å²) in [6, 6.07) is 7.26. The molecule has 1 fully saturated rings. The first-order chi connectivity index (χ1) is 12.5. The van der Waals surface area contributed by atoms with Gasteiger partial charge in [-0.05, 0) is 54.5 Å². The number of ketones is 1. The molecule has 0 bridgehead atoms. The van der Waals surface area contributed by atoms with Crippen LogP contribution in [0.5, 0.6) is 0 Å². The highest BCUT2D eigenvalue weighted by Crippen LogP contribution is 2.32. The molecule has 138 valence electrons. The molecule has 3 rings (SSSR count). The van der Waals surface area contributed by atoms with Gasteiger partial charge in [-0.3, -0.25) is 9.59 Å². The zero-order chi connectivity index (χ0) is 18.5. The van der Waals surface area contributed by atoms with E-state index >= 15 is 0 Å². The summed E-state index contributed by atoms with van der Waals surface area (Å²) in [5, 5.41) is 15.2. The molecule has 1 aliphatic carbocycles. The topological polar surface area (TPSA) is 89.8 Å². The third-order valence-electron chi connectivity index (χ3n) is 4.52. The number of nitrogens with one attached hydrogen (secondary N) is 1. The van der Waals surface area contributed by atoms with E-state index in [9.17, 15) is 9.59 Å². The summed E-state index contributed by atoms with van der Waals surface area (Å²) in [5.74, 6) is -0.120. The lowest BCUT2D eigenvalue weighted by Gasteiger charge is -2.22. The summed E-state index contributed by atoms with van der Waals surface area (Å²) in [6.45, 7) is 3.32. The molecule has 0 spiro atoms. The molecular weight excluding hydrogens is 350 g/mol. The Morgan fingerprint density at radius 3 is 2.54 bits per heavy atom. The highest BCUT2D eigenvalue weighted by atomic mass is 32.2. The van der Waals surface area contributed by atoms with E-state index in [4.69, 9.17) is 0 Å². The molecule has 26 heavy (non-hydrogen) atoms. The van der Waals surface area contributed by atoms with Crippen molar-refractivity contribution >= 4 is 29.1 Å². The van der Waals surface area contributed by atoms with Gasteiger partial charge >= 0.3 is 0 Å². The van der Waals surface area contributed by atoms with Crippen LogP contribution in [-0.4, -0.2) is 37.1 Å². The van der Waals surface area contributed by atoms with Crippen molar-refractivity contribution in [2.45, 2.75) is 62.4 Å². The summed E-state index contributed by atoms with van der Waals surface area (Å²) in [7, 11) is 0. The summed E-state index contributed by atoms with van der Waals surface area (Å²) < 4.78 is 1.88. The fourth-order valence-corrected chi connectivity index (χ4v) is 4.12. The smallest absolute Gasteiger partial charge is 0.221 e. The molecule has 1 aromatic heterocycles. The molecule has 1 atom stereocenters. The molecule has 0 aliphatic heterocycles. The number of thioether (sulfide) groups is 1. The largest absolute Gasteiger partial charge is 0.326 e. The molecule has 8 heteroatoms. The van der Waals surface area contributed by atoms with E-state index < -0.39 is 0 Å². The number of benzene rings is 1. The average molecular weight is 373 g/mol. The third-order valence-corrected chi connectivity index (χ3v) is 5.57. The lowest BCUT2D eigenvalue weighted by Crippen LogP contribution is -2.18. The van der Waals surface area contributed by atoms with E-state index in [1.165, 1.54) is 37.9 Å². The molecule has 0 radical (unpaired) electrons. The SMILES string of the molecule is CC(=O)Nc1ccc(C(=O)[C@@H](C)Sc2nnnn2C2CCCCC2)cc1. The number of carbonyl (C=O) groups excluding carboxylic acids is 2. The number of hydrogen-bond acceptors (Lipinski definition) is 6. The first-order valence-electron chi connectivity index (χ1n) is 8.91. The number of rotatable bonds is 6. The van der Waals surface area contributed by atoms with E-state index in [1.54, 1.807) is 24.3 Å². The van der Waals surface area contributed by atoms with E-state index in [0.29, 0.717) is 22.4 Å². The Morgan fingerprint density at radius 2 is 1.88 bits per heavy atom. The zero-order valence-electron chi connectivity index (χ0n) is 15.0. The van der Waals surface area contributed by atoms with Crippen LogP contribution >= 0.6 is 11.8 Å². The average Bonchev–Trinajstić information content (AvgIpc) is 3.10. The molecule has 1 aromatic carbocycles. The molecule has 7 nitrogen and oxygen atoms in total. The maximum absolute atomic E-state index is 12.7. The first kappa shape index (κ1) is 18.6. The summed E-state index contributed by atoms with van der Waals surface area (Å²) in [4.78, 5) is 23.8. The molecule has 0 unspecified atom stereocenters. The molecule has 1 N–H and O–H groups in total. The van der Waals surface area contributed by atoms with Crippen LogP contribution in [0.1, 0.15) is 62.4 Å². The van der Waals surface area contributed by atoms with Crippen molar-refractivity contribution in [3.63, 3.8) is 0 Å². The quantitative estimate of drug-likeness (QED) is 0.616. The molecule has 2 aromatic rings. The summed E-state index contributed by atoms with van der Waals surface area (Å²) >= 11 is 1.40. The van der Waals surface area contributed by atoms with Crippen molar-refractivity contribution < 1.29 is 9.59 Å². The van der Waals surface area contributed by atoms with Gasteiger partial charge in [-0.25, -0.2) is 4.68 Å². The number of nitrogens with zero attached hydrogens (tertiary/aromatic N) is 4. The molecular formula is C18H23N5O2S. The van der Waals surface area contributed by atoms with E-state index in [1.807, 2.05) is 11.6 Å². The number of Topliss-reactive ketones (excluding diaryl/α,β-unsaturated/α-hetero) is 1. The molecule has 1 heterocycles. The van der Waals surface area contributed by atoms with Crippen LogP contribution in [0.3, 0.4) is 0 Å². The fourth-order valence-electron chi connectivity index (χ4n) is 3.19. The Labute approximate surface area is 156 Å². The monoisotopic (exact) mass is 373 g/mol. The van der Waals surface area contributed by atoms with E-state index in [0.717, 1.165) is 12.8 Å². The number of amides is 1. The minimum atomic E-state index is -0.296. The number of carbonyl (C=O) groups is 2. The van der Waals surface area contributed by atoms with Crippen LogP contribution in [0.2, 0.25) is 0 Å². The van der Waals surface area contributed by atoms with Crippen LogP contribution in [0, 0.1) is 0 Å². The van der Waals surface area contributed by atoms with E-state index in [-0.39, 0.29) is 16.9 Å². The second-order valence-corrected chi connectivity index (χ2v) is 7.89. The Bertz CT molecular complexity index is 768. The van der Waals surface area contributed by atoms with Crippen LogP contribution in [0.15, 0.2) is 29.4 Å².